The third-order valence-corrected chi connectivity index (χ3v) is 14.3. The van der Waals surface area contributed by atoms with Crippen molar-refractivity contribution in [1.29, 1.82) is 0 Å². The molecule has 392 valence electrons. The molecule has 0 bridgehead atoms. The van der Waals surface area contributed by atoms with Gasteiger partial charge in [-0.2, -0.15) is 23.8 Å². The van der Waals surface area contributed by atoms with Gasteiger partial charge >= 0.3 is 48.9 Å². The van der Waals surface area contributed by atoms with Crippen molar-refractivity contribution in [3.63, 3.8) is 0 Å². The number of phenolic OH excluding ortho intramolecular Hbond substituents is 1. The normalized spacial score (nSPS) is 11.5. The molecule has 0 fully saturated rings. The molecule has 0 aromatic heterocycles. The van der Waals surface area contributed by atoms with Crippen molar-refractivity contribution < 1.29 is 55.2 Å². The van der Waals surface area contributed by atoms with E-state index in [1.54, 1.807) is 117 Å². The first-order valence-corrected chi connectivity index (χ1v) is 26.8. The van der Waals surface area contributed by atoms with Crippen LogP contribution in [-0.2, 0) is 33.1 Å². The molecule has 4 N–H and O–H groups in total. The average Bonchev–Trinajstić information content (AvgIpc) is 3.40. The molecule has 0 atom stereocenters. The fourth-order valence-corrected chi connectivity index (χ4v) is 10.1. The Morgan fingerprint density at radius 2 is 1.00 bits per heavy atom. The number of hydrogen-bond acceptors (Lipinski definition) is 15. The second-order valence-corrected chi connectivity index (χ2v) is 19.8. The summed E-state index contributed by atoms with van der Waals surface area (Å²) in [6.45, 7) is 8.22. The predicted octanol–water partition coefficient (Wildman–Crippen LogP) is 12.8. The van der Waals surface area contributed by atoms with Crippen molar-refractivity contribution in [2.45, 2.75) is 50.3 Å². The van der Waals surface area contributed by atoms with Crippen LogP contribution in [0.1, 0.15) is 59.5 Å². The van der Waals surface area contributed by atoms with E-state index in [0.717, 1.165) is 12.1 Å². The number of rotatable bonds is 16. The summed E-state index contributed by atoms with van der Waals surface area (Å²) in [6, 6.07) is 35.4. The van der Waals surface area contributed by atoms with Crippen LogP contribution in [0.25, 0.3) is 21.5 Å². The van der Waals surface area contributed by atoms with Crippen LogP contribution in [0.5, 0.6) is 23.0 Å². The molecule has 0 saturated heterocycles. The van der Waals surface area contributed by atoms with Crippen LogP contribution in [0.4, 0.5) is 34.1 Å². The maximum absolute atomic E-state index is 13.4. The van der Waals surface area contributed by atoms with E-state index in [-0.39, 0.29) is 111 Å². The van der Waals surface area contributed by atoms with Crippen molar-refractivity contribution in [3.05, 3.63) is 166 Å². The Balaban J connectivity index is 0.000000246. The number of fused-ring (bicyclic) bond motifs is 2. The van der Waals surface area contributed by atoms with Gasteiger partial charge in [-0.1, -0.05) is 91.3 Å². The zero-order chi connectivity index (χ0) is 54.9. The van der Waals surface area contributed by atoms with Crippen molar-refractivity contribution in [2.24, 2.45) is 20.5 Å². The van der Waals surface area contributed by atoms with Gasteiger partial charge in [-0.3, -0.25) is 14.1 Å². The van der Waals surface area contributed by atoms with Crippen molar-refractivity contribution in [3.8, 4) is 23.0 Å². The minimum Gasteiger partial charge on any atom is -0.870 e. The average molecular weight is 1240 g/mol. The summed E-state index contributed by atoms with van der Waals surface area (Å²) in [7, 11) is -9.32. The summed E-state index contributed by atoms with van der Waals surface area (Å²) >= 11 is 12.4. The Morgan fingerprint density at radius 3 is 1.45 bits per heavy atom. The first-order valence-electron chi connectivity index (χ1n) is 23.2. The molecule has 0 radical (unpaired) electrons. The number of halogens is 2. The Kier molecular flexibility index (Phi) is 20.4. The quantitative estimate of drug-likeness (QED) is 0.0399. The number of aromatic hydroxyl groups is 1. The van der Waals surface area contributed by atoms with E-state index in [4.69, 9.17) is 32.7 Å². The van der Waals surface area contributed by atoms with Gasteiger partial charge in [0.1, 0.15) is 32.2 Å². The van der Waals surface area contributed by atoms with Crippen LogP contribution >= 0.6 is 23.2 Å². The Morgan fingerprint density at radius 1 is 0.584 bits per heavy atom. The Hall–Kier alpha value is -6.41. The Bertz CT molecular complexity index is 3560. The maximum atomic E-state index is 13.4. The maximum Gasteiger partial charge on any atom is 2.00 e. The number of azo groups is 2. The number of phenols is 1. The summed E-state index contributed by atoms with van der Waals surface area (Å²) in [5.41, 5.74) is 1.90. The van der Waals surface area contributed by atoms with Gasteiger partial charge in [0.05, 0.1) is 50.8 Å². The second-order valence-electron chi connectivity index (χ2n) is 16.3. The van der Waals surface area contributed by atoms with Gasteiger partial charge in [-0.05, 0) is 134 Å². The van der Waals surface area contributed by atoms with Gasteiger partial charge < -0.3 is 34.9 Å². The van der Waals surface area contributed by atoms with Gasteiger partial charge in [-0.25, -0.2) is 8.42 Å². The molecule has 0 unspecified atom stereocenters. The minimum atomic E-state index is -4.79. The summed E-state index contributed by atoms with van der Waals surface area (Å²) < 4.78 is 78.0. The molecule has 23 heteroatoms. The van der Waals surface area contributed by atoms with Crippen LogP contribution in [0.3, 0.4) is 0 Å². The SMILES string of the molecule is CCOc1ccc(NC(=O)c2cc3ccccc3c(N=Nc3ccc(S(=O)(=O)O)c(Cl)c3CC)c2O)cc1.CCOc1ccc(NC(=O)c2cc3ccccc3c(N=Nc3ccc(S(=O)(=O)[O-])c(Cl)c3CC)c2[O-])cc1.[Ba+2]. The molecule has 0 saturated carbocycles. The molecule has 0 spiro atoms. The third kappa shape index (κ3) is 14.2. The zero-order valence-corrected chi connectivity index (χ0v) is 49.2. The molecular weight excluding hydrogens is 1200 g/mol. The van der Waals surface area contributed by atoms with Crippen LogP contribution < -0.4 is 25.2 Å². The van der Waals surface area contributed by atoms with Gasteiger partial charge in [0.25, 0.3) is 21.9 Å². The van der Waals surface area contributed by atoms with E-state index in [9.17, 15) is 45.7 Å². The van der Waals surface area contributed by atoms with Crippen LogP contribution in [0, 0.1) is 0 Å². The monoisotopic (exact) mass is 1240 g/mol. The van der Waals surface area contributed by atoms with E-state index in [1.165, 1.54) is 18.2 Å². The number of nitrogens with one attached hydrogen (secondary N) is 2. The molecule has 0 aliphatic heterocycles. The first-order chi connectivity index (χ1) is 36.3. The number of nitrogens with zero attached hydrogens (tertiary/aromatic N) is 4. The number of carbonyl (C=O) groups excluding carboxylic acids is 2. The van der Waals surface area contributed by atoms with Crippen molar-refractivity contribution in [2.75, 3.05) is 23.8 Å². The number of hydrogen-bond donors (Lipinski definition) is 4. The molecule has 8 aromatic carbocycles. The molecule has 8 rings (SSSR count). The number of ether oxygens (including phenoxy) is 2. The first kappa shape index (κ1) is 59.8. The molecule has 2 amide bonds. The van der Waals surface area contributed by atoms with Gasteiger partial charge in [-0.15, -0.1) is 5.11 Å². The molecule has 77 heavy (non-hydrogen) atoms. The number of anilines is 2. The van der Waals surface area contributed by atoms with Crippen molar-refractivity contribution in [1.82, 2.24) is 0 Å². The summed E-state index contributed by atoms with van der Waals surface area (Å²) in [5.74, 6) is -0.880. The topological polar surface area (TPSA) is 281 Å². The van der Waals surface area contributed by atoms with E-state index in [0.29, 0.717) is 69.6 Å². The van der Waals surface area contributed by atoms with Gasteiger partial charge in [0, 0.05) is 27.7 Å². The summed E-state index contributed by atoms with van der Waals surface area (Å²) in [5, 5.41) is 48.6. The second kappa shape index (κ2) is 26.3. The number of carbonyl (C=O) groups is 2. The third-order valence-electron chi connectivity index (χ3n) is 11.4. The van der Waals surface area contributed by atoms with Gasteiger partial charge in [0.15, 0.2) is 5.75 Å². The largest absolute Gasteiger partial charge is 2.00 e. The number of benzene rings is 8. The van der Waals surface area contributed by atoms with E-state index < -0.39 is 47.6 Å². The van der Waals surface area contributed by atoms with Crippen LogP contribution in [-0.4, -0.2) is 105 Å². The number of amides is 2. The van der Waals surface area contributed by atoms with E-state index in [1.807, 2.05) is 13.8 Å². The molecule has 0 heterocycles. The fourth-order valence-electron chi connectivity index (χ4n) is 7.81. The smallest absolute Gasteiger partial charge is 0.870 e. The molecule has 8 aromatic rings. The fraction of sp³-hybridized carbons (Fsp3) is 0.148. The minimum absolute atomic E-state index is 0. The summed E-state index contributed by atoms with van der Waals surface area (Å²) in [6.07, 6.45) is 0.555. The van der Waals surface area contributed by atoms with Gasteiger partial charge in [0.2, 0.25) is 0 Å². The molecular formula is C54H46BaCl2N6O12S2. The molecule has 0 aliphatic rings. The molecule has 18 nitrogen and oxygen atoms in total. The Labute approximate surface area is 493 Å². The van der Waals surface area contributed by atoms with Crippen molar-refractivity contribution >= 4 is 160 Å². The van der Waals surface area contributed by atoms with E-state index in [2.05, 4.69) is 31.1 Å². The van der Waals surface area contributed by atoms with Crippen LogP contribution in [0.2, 0.25) is 10.0 Å². The summed E-state index contributed by atoms with van der Waals surface area (Å²) in [4.78, 5) is 25.2. The van der Waals surface area contributed by atoms with E-state index >= 15 is 0 Å². The van der Waals surface area contributed by atoms with Crippen LogP contribution in [0.15, 0.2) is 164 Å². The predicted molar refractivity (Wildman–Crippen MR) is 294 cm³/mol. The molecule has 0 aliphatic carbocycles. The standard InChI is InChI=1S/2C27H24ClN3O6S.Ba/c2*1-3-19-22(13-14-23(24(19)28)38(34,35)36)30-31-25-20-8-6-5-7-16(20)15-21(26(25)32)27(33)29-17-9-11-18(12-10-17)37-4-2;/h2*5-15,32H,3-4H2,1-2H3,(H,29,33)(H,34,35,36);/q;;+2/p-2. The zero-order valence-electron chi connectivity index (χ0n) is 41.6.